The Bertz CT molecular complexity index is 812. The van der Waals surface area contributed by atoms with Gasteiger partial charge in [0.25, 0.3) is 0 Å². The summed E-state index contributed by atoms with van der Waals surface area (Å²) in [6.07, 6.45) is 0. The van der Waals surface area contributed by atoms with Crippen LogP contribution in [0.2, 0.25) is 0 Å². The Labute approximate surface area is 140 Å². The van der Waals surface area contributed by atoms with Crippen molar-refractivity contribution in [3.63, 3.8) is 0 Å². The van der Waals surface area contributed by atoms with Crippen molar-refractivity contribution in [2.75, 3.05) is 26.1 Å². The number of nitrogen functional groups attached to an aromatic ring is 1. The summed E-state index contributed by atoms with van der Waals surface area (Å²) in [5.74, 6) is 2.20. The van der Waals surface area contributed by atoms with Gasteiger partial charge in [0.05, 0.1) is 20.3 Å². The maximum atomic E-state index is 9.26. The third kappa shape index (κ3) is 3.14. The molecular weight excluding hydrogens is 306 g/mol. The van der Waals surface area contributed by atoms with E-state index in [9.17, 15) is 5.11 Å². The lowest BCUT2D eigenvalue weighted by Crippen LogP contribution is -2.38. The van der Waals surface area contributed by atoms with Crippen molar-refractivity contribution in [3.05, 3.63) is 48.5 Å². The highest BCUT2D eigenvalue weighted by atomic mass is 16.5. The van der Waals surface area contributed by atoms with E-state index in [1.807, 2.05) is 57.7 Å². The summed E-state index contributed by atoms with van der Waals surface area (Å²) in [5, 5.41) is 9.26. The van der Waals surface area contributed by atoms with E-state index in [-0.39, 0.29) is 6.61 Å². The summed E-state index contributed by atoms with van der Waals surface area (Å²) in [5.41, 5.74) is 8.30. The SMILES string of the molecule is COc1ccc(OCCn2c(N)[n+](CCO)c3ccccc32)cc1. The number of para-hydroxylation sites is 2. The summed E-state index contributed by atoms with van der Waals surface area (Å²) < 4.78 is 14.9. The van der Waals surface area contributed by atoms with Gasteiger partial charge < -0.3 is 14.6 Å². The Morgan fingerprint density at radius 2 is 1.79 bits per heavy atom. The zero-order valence-corrected chi connectivity index (χ0v) is 13.7. The molecule has 6 heteroatoms. The van der Waals surface area contributed by atoms with Gasteiger partial charge in [-0.3, -0.25) is 5.73 Å². The van der Waals surface area contributed by atoms with Crippen LogP contribution in [0.1, 0.15) is 0 Å². The Hall–Kier alpha value is -2.73. The van der Waals surface area contributed by atoms with Gasteiger partial charge in [0, 0.05) is 0 Å². The van der Waals surface area contributed by atoms with Gasteiger partial charge in [0.15, 0.2) is 0 Å². The van der Waals surface area contributed by atoms with E-state index in [4.69, 9.17) is 15.2 Å². The first-order chi connectivity index (χ1) is 11.7. The monoisotopic (exact) mass is 328 g/mol. The normalized spacial score (nSPS) is 10.9. The van der Waals surface area contributed by atoms with E-state index < -0.39 is 0 Å². The highest BCUT2D eigenvalue weighted by Gasteiger charge is 2.19. The molecule has 3 rings (SSSR count). The number of fused-ring (bicyclic) bond motifs is 1. The minimum atomic E-state index is 0.0468. The molecule has 24 heavy (non-hydrogen) atoms. The zero-order chi connectivity index (χ0) is 16.9. The fourth-order valence-electron chi connectivity index (χ4n) is 2.81. The van der Waals surface area contributed by atoms with Crippen LogP contribution in [-0.2, 0) is 13.1 Å². The van der Waals surface area contributed by atoms with E-state index in [1.54, 1.807) is 7.11 Å². The standard InChI is InChI=1S/C18H21N3O3/c1-23-14-6-8-15(9-7-14)24-13-11-21-17-5-3-2-4-16(17)20(10-12-22)18(21)19/h2-9,19,22H,10-13H2,1H3/p+1. The van der Waals surface area contributed by atoms with Crippen molar-refractivity contribution in [3.8, 4) is 11.5 Å². The van der Waals surface area contributed by atoms with E-state index in [0.29, 0.717) is 25.6 Å². The molecule has 0 fully saturated rings. The summed E-state index contributed by atoms with van der Waals surface area (Å²) in [6, 6.07) is 15.5. The quantitative estimate of drug-likeness (QED) is 0.646. The van der Waals surface area contributed by atoms with Crippen LogP contribution < -0.4 is 19.8 Å². The van der Waals surface area contributed by atoms with Gasteiger partial charge in [-0.2, -0.15) is 0 Å². The van der Waals surface area contributed by atoms with Gasteiger partial charge in [-0.15, -0.1) is 0 Å². The average molecular weight is 328 g/mol. The molecule has 0 aliphatic rings. The molecule has 126 valence electrons. The highest BCUT2D eigenvalue weighted by molar-refractivity contribution is 5.73. The van der Waals surface area contributed by atoms with Gasteiger partial charge in [0.2, 0.25) is 0 Å². The fourth-order valence-corrected chi connectivity index (χ4v) is 2.81. The second-order valence-corrected chi connectivity index (χ2v) is 5.40. The molecule has 1 aromatic heterocycles. The Morgan fingerprint density at radius 1 is 1.08 bits per heavy atom. The van der Waals surface area contributed by atoms with Gasteiger partial charge in [-0.05, 0) is 36.4 Å². The predicted octanol–water partition coefficient (Wildman–Crippen LogP) is 1.59. The molecule has 0 amide bonds. The van der Waals surface area contributed by atoms with Crippen molar-refractivity contribution >= 4 is 17.0 Å². The maximum Gasteiger partial charge on any atom is 0.356 e. The van der Waals surface area contributed by atoms with Crippen molar-refractivity contribution < 1.29 is 19.1 Å². The molecule has 0 radical (unpaired) electrons. The molecule has 1 heterocycles. The lowest BCUT2D eigenvalue weighted by atomic mass is 10.3. The number of imidazole rings is 1. The first-order valence-electron chi connectivity index (χ1n) is 7.89. The molecule has 6 nitrogen and oxygen atoms in total. The van der Waals surface area contributed by atoms with Crippen molar-refractivity contribution in [2.45, 2.75) is 13.1 Å². The van der Waals surface area contributed by atoms with Crippen LogP contribution in [0.5, 0.6) is 11.5 Å². The minimum Gasteiger partial charge on any atom is -0.497 e. The Balaban J connectivity index is 1.76. The van der Waals surface area contributed by atoms with E-state index >= 15 is 0 Å². The van der Waals surface area contributed by atoms with E-state index in [2.05, 4.69) is 0 Å². The minimum absolute atomic E-state index is 0.0468. The van der Waals surface area contributed by atoms with Crippen LogP contribution in [0.25, 0.3) is 11.0 Å². The van der Waals surface area contributed by atoms with Crippen LogP contribution >= 0.6 is 0 Å². The molecule has 0 aliphatic heterocycles. The molecule has 3 aromatic rings. The third-order valence-electron chi connectivity index (χ3n) is 3.98. The Kier molecular flexibility index (Phi) is 4.86. The van der Waals surface area contributed by atoms with E-state index in [0.717, 1.165) is 22.5 Å². The van der Waals surface area contributed by atoms with Gasteiger partial charge in [-0.25, -0.2) is 9.13 Å². The molecule has 0 saturated carbocycles. The number of anilines is 1. The molecule has 0 spiro atoms. The van der Waals surface area contributed by atoms with Crippen LogP contribution in [0.4, 0.5) is 5.95 Å². The molecule has 0 saturated heterocycles. The lowest BCUT2D eigenvalue weighted by molar-refractivity contribution is -0.658. The van der Waals surface area contributed by atoms with Gasteiger partial charge in [-0.1, -0.05) is 12.1 Å². The smallest absolute Gasteiger partial charge is 0.356 e. The number of ether oxygens (including phenoxy) is 2. The number of hydrogen-bond donors (Lipinski definition) is 2. The van der Waals surface area contributed by atoms with Crippen LogP contribution in [-0.4, -0.2) is 30.0 Å². The first kappa shape index (κ1) is 16.1. The van der Waals surface area contributed by atoms with E-state index in [1.165, 1.54) is 0 Å². The number of benzene rings is 2. The van der Waals surface area contributed by atoms with Crippen molar-refractivity contribution in [1.29, 1.82) is 0 Å². The highest BCUT2D eigenvalue weighted by Crippen LogP contribution is 2.18. The number of nitrogens with zero attached hydrogens (tertiary/aromatic N) is 2. The van der Waals surface area contributed by atoms with Crippen LogP contribution in [0.15, 0.2) is 48.5 Å². The summed E-state index contributed by atoms with van der Waals surface area (Å²) in [4.78, 5) is 0. The summed E-state index contributed by atoms with van der Waals surface area (Å²) >= 11 is 0. The molecular formula is C18H22N3O3+. The van der Waals surface area contributed by atoms with Crippen molar-refractivity contribution in [2.24, 2.45) is 0 Å². The number of rotatable bonds is 7. The Morgan fingerprint density at radius 3 is 2.50 bits per heavy atom. The largest absolute Gasteiger partial charge is 0.497 e. The van der Waals surface area contributed by atoms with Crippen LogP contribution in [0.3, 0.4) is 0 Å². The van der Waals surface area contributed by atoms with Crippen molar-refractivity contribution in [1.82, 2.24) is 4.57 Å². The predicted molar refractivity (Wildman–Crippen MR) is 92.1 cm³/mol. The molecule has 0 aliphatic carbocycles. The first-order valence-corrected chi connectivity index (χ1v) is 7.89. The second-order valence-electron chi connectivity index (χ2n) is 5.40. The van der Waals surface area contributed by atoms with Gasteiger partial charge >= 0.3 is 5.95 Å². The number of nitrogens with two attached hydrogens (primary N) is 1. The molecule has 3 N–H and O–H groups in total. The average Bonchev–Trinajstić information content (AvgIpc) is 2.88. The maximum absolute atomic E-state index is 9.26. The second kappa shape index (κ2) is 7.23. The van der Waals surface area contributed by atoms with Crippen LogP contribution in [0, 0.1) is 0 Å². The number of aliphatic hydroxyl groups is 1. The fraction of sp³-hybridized carbons (Fsp3) is 0.278. The zero-order valence-electron chi connectivity index (χ0n) is 13.7. The third-order valence-corrected chi connectivity index (χ3v) is 3.98. The molecule has 0 bridgehead atoms. The number of hydrogen-bond acceptors (Lipinski definition) is 4. The summed E-state index contributed by atoms with van der Waals surface area (Å²) in [7, 11) is 1.64. The van der Waals surface area contributed by atoms with Gasteiger partial charge in [0.1, 0.15) is 35.7 Å². The molecule has 0 atom stereocenters. The number of aromatic nitrogens is 2. The number of aliphatic hydroxyl groups excluding tert-OH is 1. The lowest BCUT2D eigenvalue weighted by Gasteiger charge is -2.07. The molecule has 0 unspecified atom stereocenters. The topological polar surface area (TPSA) is 73.5 Å². The number of methoxy groups -OCH3 is 1. The summed E-state index contributed by atoms with van der Waals surface area (Å²) in [6.45, 7) is 1.63. The molecule has 2 aromatic carbocycles.